The summed E-state index contributed by atoms with van der Waals surface area (Å²) in [6.07, 6.45) is -4.09. The van der Waals surface area contributed by atoms with Gasteiger partial charge < -0.3 is 15.4 Å². The second-order valence-electron chi connectivity index (χ2n) is 4.03. The summed E-state index contributed by atoms with van der Waals surface area (Å²) in [6.45, 7) is 2.17. The van der Waals surface area contributed by atoms with Crippen LogP contribution < -0.4 is 10.6 Å². The number of methoxy groups -OCH3 is 1. The van der Waals surface area contributed by atoms with E-state index >= 15 is 0 Å². The molecule has 0 heterocycles. The van der Waals surface area contributed by atoms with E-state index in [-0.39, 0.29) is 24.0 Å². The number of hydrogen-bond donors (Lipinski definition) is 2. The normalized spacial score (nSPS) is 20.1. The highest BCUT2D eigenvalue weighted by Crippen LogP contribution is 2.48. The van der Waals surface area contributed by atoms with E-state index < -0.39 is 11.7 Å². The molecular weight excluding hydrogens is 241 g/mol. The van der Waals surface area contributed by atoms with E-state index in [0.29, 0.717) is 6.61 Å². The zero-order valence-electron chi connectivity index (χ0n) is 9.15. The Morgan fingerprint density at radius 1 is 1.50 bits per heavy atom. The van der Waals surface area contributed by atoms with Crippen LogP contribution in [0.25, 0.3) is 0 Å². The summed E-state index contributed by atoms with van der Waals surface area (Å²) in [7, 11) is 1.52. The minimum atomic E-state index is -4.25. The van der Waals surface area contributed by atoms with Crippen molar-refractivity contribution in [1.82, 2.24) is 10.6 Å². The van der Waals surface area contributed by atoms with E-state index in [1.807, 2.05) is 0 Å². The van der Waals surface area contributed by atoms with Crippen molar-refractivity contribution in [2.24, 2.45) is 0 Å². The fraction of sp³-hybridized carbons (Fsp3) is 0.889. The van der Waals surface area contributed by atoms with Crippen LogP contribution in [0.2, 0.25) is 0 Å². The van der Waals surface area contributed by atoms with Crippen molar-refractivity contribution in [1.29, 1.82) is 0 Å². The molecule has 1 saturated carbocycles. The third kappa shape index (κ3) is 3.21. The number of alkyl halides is 3. The minimum absolute atomic E-state index is 0.0272. The maximum Gasteiger partial charge on any atom is 0.411 e. The summed E-state index contributed by atoms with van der Waals surface area (Å²) >= 11 is 4.82. The molecule has 1 rings (SSSR count). The van der Waals surface area contributed by atoms with Gasteiger partial charge in [0.25, 0.3) is 0 Å². The van der Waals surface area contributed by atoms with Gasteiger partial charge in [0.2, 0.25) is 0 Å². The van der Waals surface area contributed by atoms with Crippen LogP contribution in [0, 0.1) is 0 Å². The molecule has 94 valence electrons. The van der Waals surface area contributed by atoms with Crippen LogP contribution in [0.1, 0.15) is 19.8 Å². The lowest BCUT2D eigenvalue weighted by atomic mass is 10.2. The van der Waals surface area contributed by atoms with Gasteiger partial charge in [-0.05, 0) is 32.0 Å². The molecule has 16 heavy (non-hydrogen) atoms. The number of nitrogens with one attached hydrogen (secondary N) is 2. The Hall–Kier alpha value is -0.560. The molecule has 1 atom stereocenters. The lowest BCUT2D eigenvalue weighted by molar-refractivity contribution is -0.161. The molecule has 1 aliphatic rings. The van der Waals surface area contributed by atoms with Crippen molar-refractivity contribution in [2.75, 3.05) is 13.7 Å². The molecule has 0 amide bonds. The van der Waals surface area contributed by atoms with Crippen LogP contribution in [0.15, 0.2) is 0 Å². The number of halogens is 3. The number of hydrogen-bond acceptors (Lipinski definition) is 2. The Balaban J connectivity index is 2.41. The first-order valence-electron chi connectivity index (χ1n) is 4.95. The highest BCUT2D eigenvalue weighted by atomic mass is 32.1. The molecule has 0 aromatic heterocycles. The highest BCUT2D eigenvalue weighted by molar-refractivity contribution is 7.80. The molecule has 0 aromatic carbocycles. The van der Waals surface area contributed by atoms with E-state index in [4.69, 9.17) is 17.0 Å². The summed E-state index contributed by atoms with van der Waals surface area (Å²) in [5.74, 6) is 0. The first-order chi connectivity index (χ1) is 7.31. The van der Waals surface area contributed by atoms with Crippen LogP contribution in [0.4, 0.5) is 13.2 Å². The van der Waals surface area contributed by atoms with Gasteiger partial charge in [0.05, 0.1) is 6.61 Å². The van der Waals surface area contributed by atoms with E-state index in [1.54, 1.807) is 6.92 Å². The van der Waals surface area contributed by atoms with Crippen molar-refractivity contribution < 1.29 is 17.9 Å². The van der Waals surface area contributed by atoms with E-state index in [1.165, 1.54) is 7.11 Å². The summed E-state index contributed by atoms with van der Waals surface area (Å²) < 4.78 is 42.5. The average Bonchev–Trinajstić information content (AvgIpc) is 2.83. The Morgan fingerprint density at radius 2 is 2.06 bits per heavy atom. The number of thiocarbonyl (C=S) groups is 1. The van der Waals surface area contributed by atoms with Gasteiger partial charge in [0.15, 0.2) is 5.11 Å². The molecule has 2 N–H and O–H groups in total. The first-order valence-corrected chi connectivity index (χ1v) is 5.36. The molecule has 7 heteroatoms. The molecule has 0 saturated heterocycles. The molecule has 0 radical (unpaired) electrons. The van der Waals surface area contributed by atoms with Crippen LogP contribution in [0.5, 0.6) is 0 Å². The zero-order valence-corrected chi connectivity index (χ0v) is 9.97. The third-order valence-corrected chi connectivity index (χ3v) is 2.66. The Kier molecular flexibility index (Phi) is 4.01. The lowest BCUT2D eigenvalue weighted by Gasteiger charge is -2.24. The number of ether oxygens (including phenoxy) is 1. The largest absolute Gasteiger partial charge is 0.411 e. The van der Waals surface area contributed by atoms with Crippen LogP contribution in [-0.2, 0) is 4.74 Å². The van der Waals surface area contributed by atoms with E-state index in [9.17, 15) is 13.2 Å². The molecule has 0 aliphatic heterocycles. The van der Waals surface area contributed by atoms with Gasteiger partial charge in [-0.25, -0.2) is 0 Å². The predicted octanol–water partition coefficient (Wildman–Crippen LogP) is 1.58. The maximum absolute atomic E-state index is 12.6. The second kappa shape index (κ2) is 4.75. The Bertz CT molecular complexity index is 266. The average molecular weight is 256 g/mol. The molecule has 1 aliphatic carbocycles. The van der Waals surface area contributed by atoms with Crippen molar-refractivity contribution in [3.05, 3.63) is 0 Å². The van der Waals surface area contributed by atoms with Crippen molar-refractivity contribution in [3.63, 3.8) is 0 Å². The van der Waals surface area contributed by atoms with Gasteiger partial charge in [-0.2, -0.15) is 13.2 Å². The fourth-order valence-electron chi connectivity index (χ4n) is 1.37. The van der Waals surface area contributed by atoms with Gasteiger partial charge in [0.1, 0.15) is 5.54 Å². The highest BCUT2D eigenvalue weighted by Gasteiger charge is 2.63. The van der Waals surface area contributed by atoms with Crippen LogP contribution in [-0.4, -0.2) is 36.6 Å². The predicted molar refractivity (Wildman–Crippen MR) is 58.2 cm³/mol. The smallest absolute Gasteiger partial charge is 0.383 e. The monoisotopic (exact) mass is 256 g/mol. The molecule has 0 spiro atoms. The lowest BCUT2D eigenvalue weighted by Crippen LogP contribution is -2.53. The van der Waals surface area contributed by atoms with Gasteiger partial charge in [0, 0.05) is 13.2 Å². The Labute approximate surface area is 97.7 Å². The molecule has 3 nitrogen and oxygen atoms in total. The molecular formula is C9H15F3N2OS. The topological polar surface area (TPSA) is 33.3 Å². The third-order valence-electron chi connectivity index (χ3n) is 2.44. The summed E-state index contributed by atoms with van der Waals surface area (Å²) in [5, 5.41) is 5.11. The van der Waals surface area contributed by atoms with Crippen molar-refractivity contribution in [2.45, 2.75) is 37.5 Å². The minimum Gasteiger partial charge on any atom is -0.383 e. The maximum atomic E-state index is 12.6. The number of rotatable bonds is 4. The second-order valence-corrected chi connectivity index (χ2v) is 4.44. The van der Waals surface area contributed by atoms with E-state index in [0.717, 1.165) is 0 Å². The molecule has 0 aromatic rings. The van der Waals surface area contributed by atoms with Gasteiger partial charge in [-0.1, -0.05) is 0 Å². The van der Waals surface area contributed by atoms with Gasteiger partial charge in [-0.15, -0.1) is 0 Å². The van der Waals surface area contributed by atoms with Crippen LogP contribution in [0.3, 0.4) is 0 Å². The quantitative estimate of drug-likeness (QED) is 0.748. The molecule has 1 unspecified atom stereocenters. The first kappa shape index (κ1) is 13.5. The summed E-state index contributed by atoms with van der Waals surface area (Å²) in [4.78, 5) is 0. The van der Waals surface area contributed by atoms with Gasteiger partial charge >= 0.3 is 6.18 Å². The molecule has 1 fully saturated rings. The zero-order chi connectivity index (χ0) is 12.4. The van der Waals surface area contributed by atoms with Crippen LogP contribution >= 0.6 is 12.2 Å². The van der Waals surface area contributed by atoms with E-state index in [2.05, 4.69) is 10.6 Å². The Morgan fingerprint density at radius 3 is 2.44 bits per heavy atom. The molecule has 0 bridgehead atoms. The standard InChI is InChI=1S/C9H15F3N2OS/c1-6(5-15-2)13-7(16)14-8(3-4-8)9(10,11)12/h6H,3-5H2,1-2H3,(H2,13,14,16). The fourth-order valence-corrected chi connectivity index (χ4v) is 1.77. The summed E-state index contributed by atoms with van der Waals surface area (Å²) in [5.41, 5.74) is -1.80. The van der Waals surface area contributed by atoms with Crippen molar-refractivity contribution in [3.8, 4) is 0 Å². The van der Waals surface area contributed by atoms with Gasteiger partial charge in [-0.3, -0.25) is 0 Å². The summed E-state index contributed by atoms with van der Waals surface area (Å²) in [6, 6.07) is -0.117. The SMILES string of the molecule is COCC(C)NC(=S)NC1(C(F)(F)F)CC1. The van der Waals surface area contributed by atoms with Crippen molar-refractivity contribution >= 4 is 17.3 Å².